The summed E-state index contributed by atoms with van der Waals surface area (Å²) in [4.78, 5) is 26.1. The normalized spacial score (nSPS) is 17.8. The van der Waals surface area contributed by atoms with Gasteiger partial charge in [-0.3, -0.25) is 20.1 Å². The Kier molecular flexibility index (Phi) is 4.08. The van der Waals surface area contributed by atoms with Crippen LogP contribution >= 0.6 is 28.1 Å². The molecular weight excluding hydrogens is 370 g/mol. The Bertz CT molecular complexity index is 786. The van der Waals surface area contributed by atoms with Crippen LogP contribution in [0.2, 0.25) is 0 Å². The van der Waals surface area contributed by atoms with E-state index in [1.807, 2.05) is 24.3 Å². The topological polar surface area (TPSA) is 83.0 Å². The van der Waals surface area contributed by atoms with Gasteiger partial charge in [-0.25, -0.2) is 4.68 Å². The standard InChI is InChI=1S/C13H12BrN5O2S/c14-9-3-1-2-4-10(9)18-6-8(5-11(18)20)12(21)17-19-7-15-16-13(19)22/h1-4,7-8H,5-6H2,(H,16,22)(H,17,21)/t8-/m0/s1. The Morgan fingerprint density at radius 2 is 2.23 bits per heavy atom. The molecule has 0 aliphatic carbocycles. The van der Waals surface area contributed by atoms with E-state index in [1.54, 1.807) is 4.90 Å². The molecule has 7 nitrogen and oxygen atoms in total. The molecule has 2 heterocycles. The summed E-state index contributed by atoms with van der Waals surface area (Å²) in [6.07, 6.45) is 1.54. The molecule has 1 aromatic carbocycles. The molecule has 2 amide bonds. The maximum atomic E-state index is 12.3. The van der Waals surface area contributed by atoms with E-state index in [-0.39, 0.29) is 18.2 Å². The van der Waals surface area contributed by atoms with E-state index in [4.69, 9.17) is 12.2 Å². The lowest BCUT2D eigenvalue weighted by atomic mass is 10.1. The summed E-state index contributed by atoms with van der Waals surface area (Å²) in [6, 6.07) is 7.43. The highest BCUT2D eigenvalue weighted by atomic mass is 79.9. The average molecular weight is 382 g/mol. The molecule has 1 aromatic heterocycles. The van der Waals surface area contributed by atoms with Crippen molar-refractivity contribution in [2.75, 3.05) is 16.9 Å². The van der Waals surface area contributed by atoms with Crippen LogP contribution in [-0.2, 0) is 9.59 Å². The summed E-state index contributed by atoms with van der Waals surface area (Å²) in [7, 11) is 0. The van der Waals surface area contributed by atoms with Crippen LogP contribution in [0.1, 0.15) is 6.42 Å². The average Bonchev–Trinajstić information content (AvgIpc) is 3.06. The van der Waals surface area contributed by atoms with Crippen molar-refractivity contribution in [1.82, 2.24) is 14.9 Å². The zero-order valence-corrected chi connectivity index (χ0v) is 13.7. The number of benzene rings is 1. The molecule has 1 saturated heterocycles. The fourth-order valence-corrected chi connectivity index (χ4v) is 2.97. The molecule has 0 saturated carbocycles. The molecule has 1 aliphatic heterocycles. The van der Waals surface area contributed by atoms with Gasteiger partial charge in [-0.2, -0.15) is 5.10 Å². The number of rotatable bonds is 3. The van der Waals surface area contributed by atoms with Crippen LogP contribution in [0.5, 0.6) is 0 Å². The number of halogens is 1. The number of carbonyl (C=O) groups excluding carboxylic acids is 2. The molecule has 0 spiro atoms. The van der Waals surface area contributed by atoms with Gasteiger partial charge in [0, 0.05) is 17.4 Å². The smallest absolute Gasteiger partial charge is 0.244 e. The highest BCUT2D eigenvalue weighted by Gasteiger charge is 2.36. The van der Waals surface area contributed by atoms with Crippen molar-refractivity contribution in [2.45, 2.75) is 6.42 Å². The molecule has 2 aromatic rings. The molecule has 1 aliphatic rings. The van der Waals surface area contributed by atoms with Crippen molar-refractivity contribution >= 4 is 45.6 Å². The van der Waals surface area contributed by atoms with Crippen LogP contribution in [0.3, 0.4) is 0 Å². The van der Waals surface area contributed by atoms with E-state index in [9.17, 15) is 9.59 Å². The van der Waals surface area contributed by atoms with Gasteiger partial charge in [-0.05, 0) is 40.3 Å². The molecule has 9 heteroatoms. The van der Waals surface area contributed by atoms with E-state index in [1.165, 1.54) is 11.0 Å². The number of para-hydroxylation sites is 1. The highest BCUT2D eigenvalue weighted by molar-refractivity contribution is 9.10. The monoisotopic (exact) mass is 381 g/mol. The van der Waals surface area contributed by atoms with Gasteiger partial charge in [-0.15, -0.1) is 0 Å². The Hall–Kier alpha value is -2.00. The van der Waals surface area contributed by atoms with Crippen molar-refractivity contribution in [3.05, 3.63) is 39.8 Å². The van der Waals surface area contributed by atoms with Crippen LogP contribution in [0.25, 0.3) is 0 Å². The van der Waals surface area contributed by atoms with Crippen LogP contribution in [-0.4, -0.2) is 33.2 Å². The first-order valence-electron chi connectivity index (χ1n) is 6.54. The van der Waals surface area contributed by atoms with Crippen LogP contribution < -0.4 is 10.3 Å². The van der Waals surface area contributed by atoms with Crippen molar-refractivity contribution in [2.24, 2.45) is 5.92 Å². The van der Waals surface area contributed by atoms with E-state index in [0.717, 1.165) is 10.2 Å². The number of anilines is 1. The number of aromatic nitrogens is 3. The number of nitrogens with one attached hydrogen (secondary N) is 2. The van der Waals surface area contributed by atoms with Crippen LogP contribution in [0.4, 0.5) is 5.69 Å². The first kappa shape index (κ1) is 14.9. The summed E-state index contributed by atoms with van der Waals surface area (Å²) < 4.78 is 2.44. The van der Waals surface area contributed by atoms with E-state index < -0.39 is 5.92 Å². The number of nitrogens with zero attached hydrogens (tertiary/aromatic N) is 3. The summed E-state index contributed by atoms with van der Waals surface area (Å²) in [6.45, 7) is 0.332. The molecule has 0 unspecified atom stereocenters. The summed E-state index contributed by atoms with van der Waals surface area (Å²) >= 11 is 8.39. The third-order valence-corrected chi connectivity index (χ3v) is 4.38. The predicted octanol–water partition coefficient (Wildman–Crippen LogP) is 1.83. The van der Waals surface area contributed by atoms with Gasteiger partial charge in [-0.1, -0.05) is 12.1 Å². The summed E-state index contributed by atoms with van der Waals surface area (Å²) in [5.74, 6) is -0.778. The SMILES string of the molecule is O=C(Nn1cn[nH]c1=S)[C@H]1CC(=O)N(c2ccccc2Br)C1. The zero-order chi connectivity index (χ0) is 15.7. The van der Waals surface area contributed by atoms with E-state index in [0.29, 0.717) is 11.3 Å². The summed E-state index contributed by atoms with van der Waals surface area (Å²) in [5, 5.41) is 6.27. The molecule has 1 atom stereocenters. The molecule has 0 radical (unpaired) electrons. The molecule has 2 N–H and O–H groups in total. The third-order valence-electron chi connectivity index (χ3n) is 3.42. The van der Waals surface area contributed by atoms with Crippen LogP contribution in [0, 0.1) is 10.7 Å². The van der Waals surface area contributed by atoms with Crippen molar-refractivity contribution in [3.63, 3.8) is 0 Å². The quantitative estimate of drug-likeness (QED) is 0.794. The second-order valence-electron chi connectivity index (χ2n) is 4.86. The number of hydrogen-bond donors (Lipinski definition) is 2. The largest absolute Gasteiger partial charge is 0.310 e. The Morgan fingerprint density at radius 3 is 2.91 bits per heavy atom. The molecular formula is C13H12BrN5O2S. The first-order chi connectivity index (χ1) is 10.6. The van der Waals surface area contributed by atoms with Crippen molar-refractivity contribution in [3.8, 4) is 0 Å². The second-order valence-corrected chi connectivity index (χ2v) is 6.11. The number of H-pyrrole nitrogens is 1. The van der Waals surface area contributed by atoms with E-state index >= 15 is 0 Å². The van der Waals surface area contributed by atoms with Crippen molar-refractivity contribution in [1.29, 1.82) is 0 Å². The first-order valence-corrected chi connectivity index (χ1v) is 7.74. The van der Waals surface area contributed by atoms with Gasteiger partial charge in [0.25, 0.3) is 0 Å². The molecule has 0 bridgehead atoms. The molecule has 3 rings (SSSR count). The Balaban J connectivity index is 1.75. The van der Waals surface area contributed by atoms with Crippen molar-refractivity contribution < 1.29 is 9.59 Å². The highest BCUT2D eigenvalue weighted by Crippen LogP contribution is 2.31. The minimum atomic E-state index is -0.434. The van der Waals surface area contributed by atoms with E-state index in [2.05, 4.69) is 31.6 Å². The van der Waals surface area contributed by atoms with Gasteiger partial charge in [0.2, 0.25) is 16.6 Å². The zero-order valence-electron chi connectivity index (χ0n) is 11.3. The molecule has 114 valence electrons. The maximum Gasteiger partial charge on any atom is 0.244 e. The summed E-state index contributed by atoms with van der Waals surface area (Å²) in [5.41, 5.74) is 3.39. The number of amides is 2. The number of hydrogen-bond acceptors (Lipinski definition) is 4. The molecule has 1 fully saturated rings. The van der Waals surface area contributed by atoms with Gasteiger partial charge >= 0.3 is 0 Å². The lowest BCUT2D eigenvalue weighted by molar-refractivity contribution is -0.123. The lowest BCUT2D eigenvalue weighted by Crippen LogP contribution is -2.31. The fraction of sp³-hybridized carbons (Fsp3) is 0.231. The Morgan fingerprint density at radius 1 is 1.45 bits per heavy atom. The maximum absolute atomic E-state index is 12.3. The van der Waals surface area contributed by atoms with Gasteiger partial charge in [0.1, 0.15) is 6.33 Å². The third kappa shape index (κ3) is 2.81. The van der Waals surface area contributed by atoms with Gasteiger partial charge < -0.3 is 4.90 Å². The van der Waals surface area contributed by atoms with Crippen LogP contribution in [0.15, 0.2) is 35.1 Å². The predicted molar refractivity (Wildman–Crippen MR) is 86.4 cm³/mol. The second kappa shape index (κ2) is 6.01. The number of carbonyl (C=O) groups is 2. The number of aromatic amines is 1. The minimum Gasteiger partial charge on any atom is -0.310 e. The lowest BCUT2D eigenvalue weighted by Gasteiger charge is -2.18. The molecule has 22 heavy (non-hydrogen) atoms. The Labute approximate surface area is 139 Å². The van der Waals surface area contributed by atoms with Gasteiger partial charge in [0.05, 0.1) is 11.6 Å². The van der Waals surface area contributed by atoms with Gasteiger partial charge in [0.15, 0.2) is 0 Å². The fourth-order valence-electron chi connectivity index (χ4n) is 2.32. The minimum absolute atomic E-state index is 0.0807.